The number of hydrogen-bond donors (Lipinski definition) is 1. The van der Waals surface area contributed by atoms with Crippen molar-refractivity contribution in [2.75, 3.05) is 17.7 Å². The molecule has 0 radical (unpaired) electrons. The summed E-state index contributed by atoms with van der Waals surface area (Å²) >= 11 is 2.97. The first-order chi connectivity index (χ1) is 15.6. The molecule has 0 saturated carbocycles. The van der Waals surface area contributed by atoms with Crippen LogP contribution in [0.15, 0.2) is 5.16 Å². The van der Waals surface area contributed by atoms with Crippen LogP contribution in [0, 0.1) is 11.3 Å². The number of thioether (sulfide) groups is 1. The Morgan fingerprint density at radius 3 is 2.81 bits per heavy atom. The first-order valence-corrected chi connectivity index (χ1v) is 13.4. The van der Waals surface area contributed by atoms with E-state index in [1.54, 1.807) is 11.3 Å². The van der Waals surface area contributed by atoms with Crippen molar-refractivity contribution >= 4 is 34.0 Å². The second-order valence-electron chi connectivity index (χ2n) is 8.81. The smallest absolute Gasteiger partial charge is 0.235 e. The predicted molar refractivity (Wildman–Crippen MR) is 127 cm³/mol. The summed E-state index contributed by atoms with van der Waals surface area (Å²) in [6.45, 7) is 5.73. The van der Waals surface area contributed by atoms with Crippen molar-refractivity contribution in [3.8, 4) is 6.07 Å². The Hall–Kier alpha value is -1.89. The Kier molecular flexibility index (Phi) is 7.87. The number of carbonyl (C=O) groups excluding carboxylic acids is 1. The number of fused-ring (bicyclic) bond motifs is 1. The maximum atomic E-state index is 12.8. The van der Waals surface area contributed by atoms with Crippen molar-refractivity contribution < 1.29 is 9.53 Å². The largest absolute Gasteiger partial charge is 0.376 e. The summed E-state index contributed by atoms with van der Waals surface area (Å²) < 4.78 is 7.92. The molecule has 1 saturated heterocycles. The van der Waals surface area contributed by atoms with E-state index in [2.05, 4.69) is 40.0 Å². The summed E-state index contributed by atoms with van der Waals surface area (Å²) in [5.74, 6) is 1.29. The van der Waals surface area contributed by atoms with Crippen LogP contribution in [0.4, 0.5) is 5.00 Å². The number of carbonyl (C=O) groups is 1. The van der Waals surface area contributed by atoms with Gasteiger partial charge in [-0.2, -0.15) is 5.26 Å². The van der Waals surface area contributed by atoms with Gasteiger partial charge in [-0.15, -0.1) is 21.5 Å². The first-order valence-electron chi connectivity index (χ1n) is 11.6. The minimum absolute atomic E-state index is 0.113. The fourth-order valence-electron chi connectivity index (χ4n) is 4.42. The van der Waals surface area contributed by atoms with Gasteiger partial charge in [-0.1, -0.05) is 38.5 Å². The van der Waals surface area contributed by atoms with E-state index in [4.69, 9.17) is 4.74 Å². The standard InChI is InChI=1S/C23H31N5O2S2/c1-15(2)21-26-27-23(28(21)13-16-8-7-11-30-16)31-14-20(29)25-22-18(12-24)17-9-5-3-4-6-10-19(17)32-22/h15-16H,3-11,13-14H2,1-2H3,(H,25,29). The highest BCUT2D eigenvalue weighted by Crippen LogP contribution is 2.36. The molecule has 1 aliphatic carbocycles. The van der Waals surface area contributed by atoms with Crippen molar-refractivity contribution in [3.05, 3.63) is 21.8 Å². The van der Waals surface area contributed by atoms with Gasteiger partial charge in [0.05, 0.1) is 24.0 Å². The normalized spacial score (nSPS) is 18.8. The molecule has 2 aromatic heterocycles. The number of amides is 1. The van der Waals surface area contributed by atoms with Gasteiger partial charge in [-0.3, -0.25) is 4.79 Å². The van der Waals surface area contributed by atoms with Gasteiger partial charge in [-0.25, -0.2) is 0 Å². The monoisotopic (exact) mass is 473 g/mol. The number of hydrogen-bond acceptors (Lipinski definition) is 7. The number of nitriles is 1. The number of anilines is 1. The molecule has 0 spiro atoms. The summed E-state index contributed by atoms with van der Waals surface area (Å²) in [7, 11) is 0. The molecule has 1 N–H and O–H groups in total. The number of thiophene rings is 1. The van der Waals surface area contributed by atoms with Gasteiger partial charge in [0.25, 0.3) is 0 Å². The molecule has 172 valence electrons. The molecule has 1 aliphatic heterocycles. The van der Waals surface area contributed by atoms with Gasteiger partial charge in [0.15, 0.2) is 5.16 Å². The summed E-state index contributed by atoms with van der Waals surface area (Å²) in [4.78, 5) is 14.0. The molecule has 7 nitrogen and oxygen atoms in total. The lowest BCUT2D eigenvalue weighted by molar-refractivity contribution is -0.113. The summed E-state index contributed by atoms with van der Waals surface area (Å²) in [6, 6.07) is 2.34. The average molecular weight is 474 g/mol. The van der Waals surface area contributed by atoms with Gasteiger partial charge >= 0.3 is 0 Å². The molecular formula is C23H31N5O2S2. The SMILES string of the molecule is CC(C)c1nnc(SCC(=O)Nc2sc3c(c2C#N)CCCCCC3)n1CC1CCCO1. The van der Waals surface area contributed by atoms with Gasteiger partial charge in [0.1, 0.15) is 16.9 Å². The van der Waals surface area contributed by atoms with E-state index in [9.17, 15) is 10.1 Å². The highest BCUT2D eigenvalue weighted by atomic mass is 32.2. The summed E-state index contributed by atoms with van der Waals surface area (Å²) in [6.07, 6.45) is 8.96. The molecule has 2 aromatic rings. The number of nitrogens with zero attached hydrogens (tertiary/aromatic N) is 4. The Labute approximate surface area is 197 Å². The lowest BCUT2D eigenvalue weighted by Gasteiger charge is -2.15. The van der Waals surface area contributed by atoms with Gasteiger partial charge in [0.2, 0.25) is 5.91 Å². The second kappa shape index (κ2) is 10.8. The summed E-state index contributed by atoms with van der Waals surface area (Å²) in [5, 5.41) is 22.9. The zero-order valence-electron chi connectivity index (χ0n) is 18.9. The van der Waals surface area contributed by atoms with Crippen LogP contribution in [0.2, 0.25) is 0 Å². The van der Waals surface area contributed by atoms with Crippen molar-refractivity contribution in [1.29, 1.82) is 5.26 Å². The maximum Gasteiger partial charge on any atom is 0.235 e. The van der Waals surface area contributed by atoms with E-state index in [1.165, 1.54) is 29.5 Å². The topological polar surface area (TPSA) is 92.8 Å². The minimum Gasteiger partial charge on any atom is -0.376 e. The number of nitrogens with one attached hydrogen (secondary N) is 1. The Morgan fingerprint density at radius 1 is 1.28 bits per heavy atom. The van der Waals surface area contributed by atoms with Crippen LogP contribution in [0.3, 0.4) is 0 Å². The zero-order valence-corrected chi connectivity index (χ0v) is 20.5. The fraction of sp³-hybridized carbons (Fsp3) is 0.652. The third kappa shape index (κ3) is 5.36. The van der Waals surface area contributed by atoms with E-state index in [-0.39, 0.29) is 23.7 Å². The lowest BCUT2D eigenvalue weighted by Crippen LogP contribution is -2.19. The zero-order chi connectivity index (χ0) is 22.5. The van der Waals surface area contributed by atoms with Crippen LogP contribution in [0.1, 0.15) is 80.1 Å². The fourth-order valence-corrected chi connectivity index (χ4v) is 6.43. The number of aryl methyl sites for hydroxylation is 1. The highest BCUT2D eigenvalue weighted by Gasteiger charge is 2.24. The predicted octanol–water partition coefficient (Wildman–Crippen LogP) is 4.90. The second-order valence-corrected chi connectivity index (χ2v) is 10.9. The van der Waals surface area contributed by atoms with E-state index in [0.717, 1.165) is 68.2 Å². The van der Waals surface area contributed by atoms with Crippen LogP contribution in [-0.4, -0.2) is 39.1 Å². The molecule has 3 heterocycles. The minimum atomic E-state index is -0.113. The Bertz CT molecular complexity index is 985. The highest BCUT2D eigenvalue weighted by molar-refractivity contribution is 7.99. The molecule has 0 aromatic carbocycles. The molecule has 1 unspecified atom stereocenters. The van der Waals surface area contributed by atoms with Crippen LogP contribution in [0.25, 0.3) is 0 Å². The molecule has 9 heteroatoms. The lowest BCUT2D eigenvalue weighted by atomic mass is 9.97. The summed E-state index contributed by atoms with van der Waals surface area (Å²) in [5.41, 5.74) is 1.81. The molecule has 4 rings (SSSR count). The molecule has 1 amide bonds. The molecule has 32 heavy (non-hydrogen) atoms. The van der Waals surface area contributed by atoms with Crippen molar-refractivity contribution in [1.82, 2.24) is 14.8 Å². The van der Waals surface area contributed by atoms with E-state index >= 15 is 0 Å². The maximum absolute atomic E-state index is 12.8. The van der Waals surface area contributed by atoms with Crippen LogP contribution >= 0.6 is 23.1 Å². The molecule has 1 fully saturated rings. The first kappa shape index (κ1) is 23.3. The number of aromatic nitrogens is 3. The molecular weight excluding hydrogens is 442 g/mol. The van der Waals surface area contributed by atoms with E-state index in [1.807, 2.05) is 0 Å². The van der Waals surface area contributed by atoms with Gasteiger partial charge in [-0.05, 0) is 44.1 Å². The van der Waals surface area contributed by atoms with Crippen molar-refractivity contribution in [2.24, 2.45) is 0 Å². The van der Waals surface area contributed by atoms with Gasteiger partial charge < -0.3 is 14.6 Å². The van der Waals surface area contributed by atoms with Crippen molar-refractivity contribution in [2.45, 2.75) is 88.9 Å². The number of rotatable bonds is 7. The van der Waals surface area contributed by atoms with E-state index < -0.39 is 0 Å². The average Bonchev–Trinajstić information content (AvgIpc) is 3.47. The molecule has 0 bridgehead atoms. The Balaban J connectivity index is 1.43. The Morgan fingerprint density at radius 2 is 2.09 bits per heavy atom. The number of ether oxygens (including phenoxy) is 1. The quantitative estimate of drug-likeness (QED) is 0.575. The van der Waals surface area contributed by atoms with Crippen molar-refractivity contribution in [3.63, 3.8) is 0 Å². The molecule has 2 aliphatic rings. The molecule has 1 atom stereocenters. The van der Waals surface area contributed by atoms with Crippen LogP contribution in [-0.2, 0) is 28.9 Å². The van der Waals surface area contributed by atoms with Crippen LogP contribution < -0.4 is 5.32 Å². The van der Waals surface area contributed by atoms with Gasteiger partial charge in [0, 0.05) is 17.4 Å². The third-order valence-electron chi connectivity index (χ3n) is 6.04. The van der Waals surface area contributed by atoms with Crippen LogP contribution in [0.5, 0.6) is 0 Å². The van der Waals surface area contributed by atoms with E-state index in [0.29, 0.717) is 10.6 Å². The third-order valence-corrected chi connectivity index (χ3v) is 8.21.